The van der Waals surface area contributed by atoms with E-state index < -0.39 is 0 Å². The van der Waals surface area contributed by atoms with E-state index in [1.807, 2.05) is 36.4 Å². The summed E-state index contributed by atoms with van der Waals surface area (Å²) < 4.78 is 12.8. The molecule has 11 rings (SSSR count). The number of hydrogen-bond acceptors (Lipinski definition) is 5. The highest BCUT2D eigenvalue weighted by molar-refractivity contribution is 6.12. The minimum absolute atomic E-state index is 0.141. The lowest BCUT2D eigenvalue weighted by molar-refractivity contribution is 0.332. The van der Waals surface area contributed by atoms with Crippen LogP contribution in [0.4, 0.5) is 0 Å². The summed E-state index contributed by atoms with van der Waals surface area (Å²) in [7, 11) is 0. The molecule has 0 saturated heterocycles. The van der Waals surface area contributed by atoms with Gasteiger partial charge >= 0.3 is 0 Å². The molecule has 3 aromatic heterocycles. The molecular formula is C51H39N3O2. The molecule has 0 aliphatic heterocycles. The van der Waals surface area contributed by atoms with Gasteiger partial charge in [-0.15, -0.1) is 0 Å². The average molecular weight is 726 g/mol. The van der Waals surface area contributed by atoms with E-state index in [1.165, 1.54) is 34.9 Å². The topological polar surface area (TPSA) is 65.0 Å². The first kappa shape index (κ1) is 32.8. The van der Waals surface area contributed by atoms with E-state index in [1.54, 1.807) is 0 Å². The number of benzene rings is 7. The van der Waals surface area contributed by atoms with Crippen LogP contribution in [0.25, 0.3) is 99.9 Å². The monoisotopic (exact) mass is 725 g/mol. The Bertz CT molecular complexity index is 3220. The second kappa shape index (κ2) is 12.0. The van der Waals surface area contributed by atoms with Gasteiger partial charge in [-0.2, -0.15) is 0 Å². The van der Waals surface area contributed by atoms with Gasteiger partial charge in [-0.3, -0.25) is 0 Å². The van der Waals surface area contributed by atoms with Gasteiger partial charge in [0.25, 0.3) is 0 Å². The van der Waals surface area contributed by atoms with E-state index >= 15 is 0 Å². The van der Waals surface area contributed by atoms with E-state index in [-0.39, 0.29) is 10.8 Å². The average Bonchev–Trinajstić information content (AvgIpc) is 3.80. The molecule has 270 valence electrons. The van der Waals surface area contributed by atoms with Crippen molar-refractivity contribution in [3.63, 3.8) is 0 Å². The van der Waals surface area contributed by atoms with Gasteiger partial charge in [0.15, 0.2) is 17.5 Å². The van der Waals surface area contributed by atoms with Gasteiger partial charge in [0.1, 0.15) is 22.3 Å². The Morgan fingerprint density at radius 3 is 1.89 bits per heavy atom. The first-order valence-corrected chi connectivity index (χ1v) is 19.5. The number of para-hydroxylation sites is 1. The lowest BCUT2D eigenvalue weighted by Gasteiger charge is -2.42. The van der Waals surface area contributed by atoms with Gasteiger partial charge in [-0.25, -0.2) is 15.0 Å². The first-order valence-electron chi connectivity index (χ1n) is 19.5. The molecular weight excluding hydrogens is 687 g/mol. The van der Waals surface area contributed by atoms with Crippen LogP contribution < -0.4 is 0 Å². The highest BCUT2D eigenvalue weighted by atomic mass is 16.3. The van der Waals surface area contributed by atoms with Crippen LogP contribution in [0.2, 0.25) is 0 Å². The van der Waals surface area contributed by atoms with Crippen LogP contribution in [0.5, 0.6) is 0 Å². The largest absolute Gasteiger partial charge is 0.456 e. The molecule has 0 radical (unpaired) electrons. The Balaban J connectivity index is 1.06. The molecule has 5 nitrogen and oxygen atoms in total. The summed E-state index contributed by atoms with van der Waals surface area (Å²) in [6.07, 6.45) is 2.39. The minimum Gasteiger partial charge on any atom is -0.456 e. The molecule has 0 saturated carbocycles. The van der Waals surface area contributed by atoms with Crippen molar-refractivity contribution in [2.45, 2.75) is 51.4 Å². The van der Waals surface area contributed by atoms with Crippen molar-refractivity contribution in [3.8, 4) is 45.3 Å². The highest BCUT2D eigenvalue weighted by Crippen LogP contribution is 2.47. The predicted octanol–water partition coefficient (Wildman–Crippen LogP) is 13.8. The van der Waals surface area contributed by atoms with E-state index in [4.69, 9.17) is 23.8 Å². The maximum Gasteiger partial charge on any atom is 0.164 e. The van der Waals surface area contributed by atoms with Crippen LogP contribution in [-0.4, -0.2) is 15.0 Å². The standard InChI is InChI=1S/C51H39N3O2/c1-50(2)24-25-51(3,4)41-28-32(19-22-40(41)50)33-18-21-36-39-27-35(20-23-43(39)56-45(36)29-33)48-52-47(34-17-16-30-10-5-6-11-31(30)26-34)53-49(54-48)38-13-9-15-44-46(38)37-12-7-8-14-42(37)55-44/h5-23,26-29H,24-25H2,1-4H3. The number of nitrogens with zero attached hydrogens (tertiary/aromatic N) is 3. The second-order valence-corrected chi connectivity index (χ2v) is 16.7. The molecule has 3 heterocycles. The third-order valence-electron chi connectivity index (χ3n) is 12.2. The molecule has 0 N–H and O–H groups in total. The Hall–Kier alpha value is -6.59. The smallest absolute Gasteiger partial charge is 0.164 e. The van der Waals surface area contributed by atoms with Gasteiger partial charge in [0.2, 0.25) is 0 Å². The molecule has 0 unspecified atom stereocenters. The lowest BCUT2D eigenvalue weighted by Crippen LogP contribution is -2.33. The van der Waals surface area contributed by atoms with Crippen LogP contribution in [0.3, 0.4) is 0 Å². The van der Waals surface area contributed by atoms with Gasteiger partial charge in [0.05, 0.1) is 0 Å². The van der Waals surface area contributed by atoms with Crippen LogP contribution >= 0.6 is 0 Å². The van der Waals surface area contributed by atoms with Gasteiger partial charge in [0, 0.05) is 38.2 Å². The molecule has 0 bridgehead atoms. The third-order valence-corrected chi connectivity index (χ3v) is 12.2. The van der Waals surface area contributed by atoms with E-state index in [2.05, 4.69) is 131 Å². The predicted molar refractivity (Wildman–Crippen MR) is 229 cm³/mol. The summed E-state index contributed by atoms with van der Waals surface area (Å²) in [6.45, 7) is 9.51. The maximum atomic E-state index is 6.54. The number of aromatic nitrogens is 3. The molecule has 1 aliphatic rings. The molecule has 7 aromatic carbocycles. The fourth-order valence-electron chi connectivity index (χ4n) is 8.91. The van der Waals surface area contributed by atoms with Gasteiger partial charge in [-0.05, 0) is 105 Å². The van der Waals surface area contributed by atoms with Gasteiger partial charge in [-0.1, -0.05) is 119 Å². The van der Waals surface area contributed by atoms with Gasteiger partial charge < -0.3 is 8.83 Å². The molecule has 5 heteroatoms. The second-order valence-electron chi connectivity index (χ2n) is 16.7. The fourth-order valence-corrected chi connectivity index (χ4v) is 8.91. The first-order chi connectivity index (χ1) is 27.2. The maximum absolute atomic E-state index is 6.54. The normalized spacial score (nSPS) is 14.9. The fraction of sp³-hybridized carbons (Fsp3) is 0.157. The number of rotatable bonds is 4. The van der Waals surface area contributed by atoms with Crippen molar-refractivity contribution in [3.05, 3.63) is 151 Å². The molecule has 56 heavy (non-hydrogen) atoms. The molecule has 10 aromatic rings. The van der Waals surface area contributed by atoms with Crippen molar-refractivity contribution >= 4 is 54.6 Å². The summed E-state index contributed by atoms with van der Waals surface area (Å²) in [5, 5.41) is 6.40. The van der Waals surface area contributed by atoms with Crippen LogP contribution in [-0.2, 0) is 10.8 Å². The SMILES string of the molecule is CC1(C)CCC(C)(C)c2cc(-c3ccc4c(c3)oc3ccc(-c5nc(-c6ccc7ccccc7c6)nc(-c6cccc7oc8ccccc8c67)n5)cc34)ccc21. The summed E-state index contributed by atoms with van der Waals surface area (Å²) in [4.78, 5) is 15.5. The molecule has 0 atom stereocenters. The third kappa shape index (κ3) is 5.18. The minimum atomic E-state index is 0.141. The van der Waals surface area contributed by atoms with Crippen molar-refractivity contribution in [1.29, 1.82) is 0 Å². The van der Waals surface area contributed by atoms with Crippen LogP contribution in [0, 0.1) is 0 Å². The molecule has 1 aliphatic carbocycles. The van der Waals surface area contributed by atoms with Crippen molar-refractivity contribution < 1.29 is 8.83 Å². The zero-order valence-corrected chi connectivity index (χ0v) is 31.9. The number of fused-ring (bicyclic) bond motifs is 8. The Morgan fingerprint density at radius 1 is 0.411 bits per heavy atom. The van der Waals surface area contributed by atoms with Crippen molar-refractivity contribution in [2.75, 3.05) is 0 Å². The summed E-state index contributed by atoms with van der Waals surface area (Å²) in [5.41, 5.74) is 11.6. The summed E-state index contributed by atoms with van der Waals surface area (Å²) in [6, 6.07) is 48.8. The lowest BCUT2D eigenvalue weighted by atomic mass is 9.63. The number of hydrogen-bond donors (Lipinski definition) is 0. The van der Waals surface area contributed by atoms with Crippen molar-refractivity contribution in [1.82, 2.24) is 15.0 Å². The Labute approximate surface area is 324 Å². The summed E-state index contributed by atoms with van der Waals surface area (Å²) in [5.74, 6) is 1.79. The Morgan fingerprint density at radius 2 is 1.04 bits per heavy atom. The van der Waals surface area contributed by atoms with Crippen molar-refractivity contribution in [2.24, 2.45) is 0 Å². The number of furan rings is 2. The molecule has 0 amide bonds. The Kier molecular flexibility index (Phi) is 7.00. The highest BCUT2D eigenvalue weighted by Gasteiger charge is 2.37. The van der Waals surface area contributed by atoms with E-state index in [9.17, 15) is 0 Å². The molecule has 0 spiro atoms. The van der Waals surface area contributed by atoms with E-state index in [0.29, 0.717) is 17.5 Å². The van der Waals surface area contributed by atoms with E-state index in [0.717, 1.165) is 71.5 Å². The molecule has 0 fully saturated rings. The quantitative estimate of drug-likeness (QED) is 0.181. The zero-order chi connectivity index (χ0) is 37.8. The summed E-state index contributed by atoms with van der Waals surface area (Å²) >= 11 is 0. The van der Waals surface area contributed by atoms with Crippen LogP contribution in [0.1, 0.15) is 51.7 Å². The zero-order valence-electron chi connectivity index (χ0n) is 31.9. The van der Waals surface area contributed by atoms with Crippen LogP contribution in [0.15, 0.2) is 148 Å².